The van der Waals surface area contributed by atoms with Crippen molar-refractivity contribution in [3.05, 3.63) is 71.0 Å². The number of hydrogen-bond donors (Lipinski definition) is 3. The summed E-state index contributed by atoms with van der Waals surface area (Å²) in [6.07, 6.45) is -0.269. The Bertz CT molecular complexity index is 1330. The van der Waals surface area contributed by atoms with Gasteiger partial charge in [0, 0.05) is 42.9 Å². The molecule has 1 aromatic heterocycles. The van der Waals surface area contributed by atoms with Crippen molar-refractivity contribution in [2.45, 2.75) is 51.4 Å². The minimum absolute atomic E-state index is 0.0434. The quantitative estimate of drug-likeness (QED) is 0.474. The molecule has 4 bridgehead atoms. The molecule has 0 aliphatic carbocycles. The van der Waals surface area contributed by atoms with E-state index in [0.717, 1.165) is 17.0 Å². The van der Waals surface area contributed by atoms with E-state index in [0.29, 0.717) is 49.0 Å². The third kappa shape index (κ3) is 6.34. The van der Waals surface area contributed by atoms with Gasteiger partial charge in [-0.25, -0.2) is 0 Å². The van der Waals surface area contributed by atoms with E-state index in [4.69, 9.17) is 14.2 Å². The van der Waals surface area contributed by atoms with Crippen LogP contribution in [0.25, 0.3) is 0 Å². The third-order valence-corrected chi connectivity index (χ3v) is 6.94. The van der Waals surface area contributed by atoms with Gasteiger partial charge in [0.15, 0.2) is 18.1 Å². The van der Waals surface area contributed by atoms with Gasteiger partial charge < -0.3 is 24.8 Å². The molecule has 3 N–H and O–H groups in total. The van der Waals surface area contributed by atoms with Crippen LogP contribution in [0.1, 0.15) is 48.1 Å². The predicted octanol–water partition coefficient (Wildman–Crippen LogP) is 2.79. The first-order valence-corrected chi connectivity index (χ1v) is 13.1. The van der Waals surface area contributed by atoms with Crippen LogP contribution in [0.3, 0.4) is 0 Å². The molecule has 3 aromatic rings. The SMILES string of the molecule is COc1ccc2cc1OCC(=O)NCc1ccc(cc1)O[C@H]1CN(Cc3cc(C(C)(C)C)n[nH]3)C[C@@H]1NC2=O. The van der Waals surface area contributed by atoms with Gasteiger partial charge in [-0.2, -0.15) is 5.10 Å². The average molecular weight is 534 g/mol. The first kappa shape index (κ1) is 26.6. The molecule has 1 fully saturated rings. The molecule has 6 rings (SSSR count). The monoisotopic (exact) mass is 533 g/mol. The number of aromatic nitrogens is 2. The van der Waals surface area contributed by atoms with Crippen molar-refractivity contribution in [2.24, 2.45) is 0 Å². The average Bonchev–Trinajstić information content (AvgIpc) is 3.53. The number of carbonyl (C=O) groups is 2. The maximum absolute atomic E-state index is 13.4. The lowest BCUT2D eigenvalue weighted by molar-refractivity contribution is -0.123. The van der Waals surface area contributed by atoms with E-state index < -0.39 is 0 Å². The molecular weight excluding hydrogens is 498 g/mol. The molecule has 0 spiro atoms. The van der Waals surface area contributed by atoms with Crippen LogP contribution in [0.2, 0.25) is 0 Å². The van der Waals surface area contributed by atoms with E-state index in [1.165, 1.54) is 7.11 Å². The highest BCUT2D eigenvalue weighted by Crippen LogP contribution is 2.29. The van der Waals surface area contributed by atoms with Crippen molar-refractivity contribution in [1.29, 1.82) is 0 Å². The summed E-state index contributed by atoms with van der Waals surface area (Å²) < 4.78 is 17.5. The zero-order chi connectivity index (χ0) is 27.6. The molecule has 3 aliphatic rings. The Kier molecular flexibility index (Phi) is 7.47. The van der Waals surface area contributed by atoms with E-state index in [1.54, 1.807) is 18.2 Å². The normalized spacial score (nSPS) is 20.3. The molecule has 4 heterocycles. The van der Waals surface area contributed by atoms with Crippen LogP contribution >= 0.6 is 0 Å². The van der Waals surface area contributed by atoms with Crippen molar-refractivity contribution in [3.8, 4) is 17.2 Å². The lowest BCUT2D eigenvalue weighted by Gasteiger charge is -2.21. The van der Waals surface area contributed by atoms with Crippen LogP contribution in [0, 0.1) is 0 Å². The number of carbonyl (C=O) groups excluding carboxylic acids is 2. The number of methoxy groups -OCH3 is 1. The molecule has 0 unspecified atom stereocenters. The van der Waals surface area contributed by atoms with Crippen molar-refractivity contribution in [2.75, 3.05) is 26.8 Å². The molecule has 2 atom stereocenters. The maximum Gasteiger partial charge on any atom is 0.258 e. The standard InChI is InChI=1S/C29H35N5O5/c1-29(2,3)26-12-20(32-33-26)14-34-15-22-25(16-34)39-21-8-5-18(6-9-21)13-30-27(35)17-38-24-11-19(28(36)31-22)7-10-23(24)37-4/h5-12,22,25H,13-17H2,1-4H3,(H,30,35)(H,31,36)(H,32,33)/t22-,25-/m0/s1. The lowest BCUT2D eigenvalue weighted by atomic mass is 9.92. The zero-order valence-electron chi connectivity index (χ0n) is 22.7. The largest absolute Gasteiger partial charge is 0.493 e. The van der Waals surface area contributed by atoms with Crippen LogP contribution in [-0.4, -0.2) is 65.9 Å². The van der Waals surface area contributed by atoms with Gasteiger partial charge in [-0.15, -0.1) is 0 Å². The van der Waals surface area contributed by atoms with E-state index >= 15 is 0 Å². The highest BCUT2D eigenvalue weighted by molar-refractivity contribution is 5.95. The molecule has 2 amide bonds. The smallest absolute Gasteiger partial charge is 0.258 e. The van der Waals surface area contributed by atoms with Crippen molar-refractivity contribution in [1.82, 2.24) is 25.7 Å². The summed E-state index contributed by atoms with van der Waals surface area (Å²) in [6, 6.07) is 14.4. The fraction of sp³-hybridized carbons (Fsp3) is 0.414. The number of H-pyrrole nitrogens is 1. The number of hydrogen-bond acceptors (Lipinski definition) is 7. The van der Waals surface area contributed by atoms with E-state index in [-0.39, 0.29) is 36.0 Å². The summed E-state index contributed by atoms with van der Waals surface area (Å²) in [4.78, 5) is 28.0. The second-order valence-electron chi connectivity index (χ2n) is 11.0. The number of benzene rings is 2. The van der Waals surface area contributed by atoms with Gasteiger partial charge in [-0.3, -0.25) is 19.6 Å². The Balaban J connectivity index is 1.40. The fourth-order valence-corrected chi connectivity index (χ4v) is 4.74. The number of fused-ring (bicyclic) bond motifs is 7. The Morgan fingerprint density at radius 3 is 2.59 bits per heavy atom. The first-order chi connectivity index (χ1) is 18.7. The van der Waals surface area contributed by atoms with Gasteiger partial charge in [0.25, 0.3) is 11.8 Å². The molecule has 1 saturated heterocycles. The molecule has 2 aromatic carbocycles. The fourth-order valence-electron chi connectivity index (χ4n) is 4.74. The lowest BCUT2D eigenvalue weighted by Crippen LogP contribution is -2.45. The summed E-state index contributed by atoms with van der Waals surface area (Å²) >= 11 is 0. The number of amides is 2. The maximum atomic E-state index is 13.4. The minimum Gasteiger partial charge on any atom is -0.493 e. The number of nitrogens with zero attached hydrogens (tertiary/aromatic N) is 2. The van der Waals surface area contributed by atoms with E-state index in [9.17, 15) is 9.59 Å². The van der Waals surface area contributed by atoms with Crippen molar-refractivity contribution in [3.63, 3.8) is 0 Å². The molecule has 3 aliphatic heterocycles. The molecule has 0 radical (unpaired) electrons. The van der Waals surface area contributed by atoms with Crippen molar-refractivity contribution < 1.29 is 23.8 Å². The molecule has 10 heteroatoms. The first-order valence-electron chi connectivity index (χ1n) is 13.1. The van der Waals surface area contributed by atoms with Gasteiger partial charge in [0.1, 0.15) is 11.9 Å². The summed E-state index contributed by atoms with van der Waals surface area (Å²) in [5.74, 6) is 0.923. The van der Waals surface area contributed by atoms with E-state index in [2.05, 4.69) is 52.6 Å². The van der Waals surface area contributed by atoms with Gasteiger partial charge in [0.2, 0.25) is 0 Å². The van der Waals surface area contributed by atoms with Crippen LogP contribution in [0.5, 0.6) is 17.2 Å². The third-order valence-electron chi connectivity index (χ3n) is 6.94. The number of likely N-dealkylation sites (tertiary alicyclic amines) is 1. The van der Waals surface area contributed by atoms with Gasteiger partial charge in [0.05, 0.1) is 18.8 Å². The highest BCUT2D eigenvalue weighted by Gasteiger charge is 2.36. The summed E-state index contributed by atoms with van der Waals surface area (Å²) in [5, 5.41) is 13.6. The molecule has 0 saturated carbocycles. The zero-order valence-corrected chi connectivity index (χ0v) is 22.7. The molecule has 39 heavy (non-hydrogen) atoms. The highest BCUT2D eigenvalue weighted by atomic mass is 16.5. The number of ether oxygens (including phenoxy) is 3. The van der Waals surface area contributed by atoms with Crippen LogP contribution in [0.15, 0.2) is 48.5 Å². The topological polar surface area (TPSA) is 118 Å². The van der Waals surface area contributed by atoms with Gasteiger partial charge in [-0.05, 0) is 42.0 Å². The second-order valence-corrected chi connectivity index (χ2v) is 11.0. The number of nitrogens with one attached hydrogen (secondary N) is 3. The Labute approximate surface area is 228 Å². The van der Waals surface area contributed by atoms with Gasteiger partial charge >= 0.3 is 0 Å². The Morgan fingerprint density at radius 2 is 1.87 bits per heavy atom. The van der Waals surface area contributed by atoms with Crippen LogP contribution in [0.4, 0.5) is 0 Å². The van der Waals surface area contributed by atoms with Crippen molar-refractivity contribution >= 4 is 11.8 Å². The predicted molar refractivity (Wildman–Crippen MR) is 145 cm³/mol. The summed E-state index contributed by atoms with van der Waals surface area (Å²) in [5.41, 5.74) is 3.32. The minimum atomic E-state index is -0.280. The molecule has 10 nitrogen and oxygen atoms in total. The van der Waals surface area contributed by atoms with Crippen LogP contribution in [-0.2, 0) is 23.3 Å². The summed E-state index contributed by atoms with van der Waals surface area (Å²) in [7, 11) is 1.51. The number of rotatable bonds is 3. The summed E-state index contributed by atoms with van der Waals surface area (Å²) in [6.45, 7) is 8.46. The molecular formula is C29H35N5O5. The number of aromatic amines is 1. The Hall–Kier alpha value is -4.05. The van der Waals surface area contributed by atoms with E-state index in [1.807, 2.05) is 24.3 Å². The molecule has 206 valence electrons. The second kappa shape index (κ2) is 11.0. The van der Waals surface area contributed by atoms with Crippen LogP contribution < -0.4 is 24.8 Å². The van der Waals surface area contributed by atoms with Gasteiger partial charge in [-0.1, -0.05) is 32.9 Å². The Morgan fingerprint density at radius 1 is 1.08 bits per heavy atom.